The quantitative estimate of drug-likeness (QED) is 0.474. The Balaban J connectivity index is 2.21. The van der Waals surface area contributed by atoms with Crippen molar-refractivity contribution in [3.8, 4) is 0 Å². The molecule has 0 bridgehead atoms. The summed E-state index contributed by atoms with van der Waals surface area (Å²) < 4.78 is 4.79. The molecule has 2 amide bonds. The van der Waals surface area contributed by atoms with Crippen molar-refractivity contribution in [3.05, 3.63) is 0 Å². The molecule has 6 heteroatoms. The average molecular weight is 215 g/mol. The first-order chi connectivity index (χ1) is 7.24. The zero-order chi connectivity index (χ0) is 11.1. The second-order valence-corrected chi connectivity index (χ2v) is 3.34. The number of hydrogen-bond acceptors (Lipinski definition) is 4. The first-order valence-electron chi connectivity index (χ1n) is 5.00. The van der Waals surface area contributed by atoms with Gasteiger partial charge in [-0.2, -0.15) is 0 Å². The number of hydrogen-bond donors (Lipinski definition) is 3. The summed E-state index contributed by atoms with van der Waals surface area (Å²) in [6.45, 7) is 2.29. The van der Waals surface area contributed by atoms with Gasteiger partial charge in [-0.25, -0.2) is 0 Å². The van der Waals surface area contributed by atoms with Gasteiger partial charge in [0.05, 0.1) is 19.1 Å². The van der Waals surface area contributed by atoms with Gasteiger partial charge < -0.3 is 20.7 Å². The zero-order valence-electron chi connectivity index (χ0n) is 8.84. The van der Waals surface area contributed by atoms with E-state index in [4.69, 9.17) is 4.74 Å². The van der Waals surface area contributed by atoms with E-state index in [1.807, 2.05) is 0 Å². The molecule has 0 aromatic carbocycles. The van der Waals surface area contributed by atoms with E-state index in [9.17, 15) is 9.59 Å². The number of rotatable bonds is 5. The van der Waals surface area contributed by atoms with Crippen molar-refractivity contribution in [2.75, 3.05) is 33.4 Å². The second kappa shape index (κ2) is 6.36. The highest BCUT2D eigenvalue weighted by Gasteiger charge is 2.23. The molecule has 1 aliphatic rings. The predicted octanol–water partition coefficient (Wildman–Crippen LogP) is -1.77. The van der Waals surface area contributed by atoms with Crippen LogP contribution in [0.15, 0.2) is 0 Å². The first-order valence-corrected chi connectivity index (χ1v) is 5.00. The van der Waals surface area contributed by atoms with Crippen LogP contribution >= 0.6 is 0 Å². The maximum absolute atomic E-state index is 11.3. The number of piperazine rings is 1. The molecule has 1 saturated heterocycles. The van der Waals surface area contributed by atoms with Crippen LogP contribution in [0.3, 0.4) is 0 Å². The maximum Gasteiger partial charge on any atom is 0.237 e. The fraction of sp³-hybridized carbons (Fsp3) is 0.778. The minimum Gasteiger partial charge on any atom is -0.383 e. The number of carbonyl (C=O) groups is 2. The summed E-state index contributed by atoms with van der Waals surface area (Å²) in [6.07, 6.45) is 0.176. The van der Waals surface area contributed by atoms with Crippen LogP contribution in [0.2, 0.25) is 0 Å². The highest BCUT2D eigenvalue weighted by atomic mass is 16.5. The Hall–Kier alpha value is -1.14. The molecule has 6 nitrogen and oxygen atoms in total. The van der Waals surface area contributed by atoms with Gasteiger partial charge in [0.1, 0.15) is 0 Å². The Labute approximate surface area is 88.7 Å². The number of ether oxygens (including phenoxy) is 1. The second-order valence-electron chi connectivity index (χ2n) is 3.34. The van der Waals surface area contributed by atoms with E-state index in [-0.39, 0.29) is 18.2 Å². The van der Waals surface area contributed by atoms with Gasteiger partial charge in [-0.15, -0.1) is 0 Å². The standard InChI is InChI=1S/C9H17N3O3/c1-15-5-4-11-8(13)6-7-9(14)12-3-2-10-7/h7,10H,2-6H2,1H3,(H,11,13)(H,12,14)/t7-/m0/s1. The lowest BCUT2D eigenvalue weighted by molar-refractivity contribution is -0.129. The molecule has 0 aromatic heterocycles. The van der Waals surface area contributed by atoms with Crippen LogP contribution in [0.1, 0.15) is 6.42 Å². The normalized spacial score (nSPS) is 20.9. The van der Waals surface area contributed by atoms with E-state index in [0.29, 0.717) is 26.2 Å². The average Bonchev–Trinajstić information content (AvgIpc) is 2.22. The third-order valence-electron chi connectivity index (χ3n) is 2.15. The van der Waals surface area contributed by atoms with E-state index >= 15 is 0 Å². The molecule has 0 aliphatic carbocycles. The monoisotopic (exact) mass is 215 g/mol. The molecule has 1 rings (SSSR count). The molecular weight excluding hydrogens is 198 g/mol. The Bertz CT molecular complexity index is 233. The molecule has 0 radical (unpaired) electrons. The van der Waals surface area contributed by atoms with Gasteiger partial charge in [0.2, 0.25) is 11.8 Å². The van der Waals surface area contributed by atoms with Crippen molar-refractivity contribution in [3.63, 3.8) is 0 Å². The molecule has 1 atom stereocenters. The molecule has 1 heterocycles. The predicted molar refractivity (Wildman–Crippen MR) is 54.3 cm³/mol. The molecule has 1 fully saturated rings. The highest BCUT2D eigenvalue weighted by Crippen LogP contribution is 1.95. The smallest absolute Gasteiger partial charge is 0.237 e. The summed E-state index contributed by atoms with van der Waals surface area (Å²) in [4.78, 5) is 22.6. The topological polar surface area (TPSA) is 79.5 Å². The molecule has 0 spiro atoms. The molecule has 15 heavy (non-hydrogen) atoms. The van der Waals surface area contributed by atoms with Crippen LogP contribution < -0.4 is 16.0 Å². The largest absolute Gasteiger partial charge is 0.383 e. The summed E-state index contributed by atoms with van der Waals surface area (Å²) in [5.41, 5.74) is 0. The number of carbonyl (C=O) groups excluding carboxylic acids is 2. The SMILES string of the molecule is COCCNC(=O)C[C@@H]1NCCNC1=O. The number of methoxy groups -OCH3 is 1. The molecule has 1 aliphatic heterocycles. The van der Waals surface area contributed by atoms with Crippen LogP contribution in [0.4, 0.5) is 0 Å². The zero-order valence-corrected chi connectivity index (χ0v) is 8.84. The van der Waals surface area contributed by atoms with E-state index < -0.39 is 6.04 Å². The van der Waals surface area contributed by atoms with Crippen molar-refractivity contribution in [2.45, 2.75) is 12.5 Å². The third kappa shape index (κ3) is 4.26. The summed E-state index contributed by atoms with van der Waals surface area (Å²) in [5.74, 6) is -0.246. The molecule has 3 N–H and O–H groups in total. The van der Waals surface area contributed by atoms with Gasteiger partial charge in [-0.1, -0.05) is 0 Å². The van der Waals surface area contributed by atoms with Gasteiger partial charge >= 0.3 is 0 Å². The van der Waals surface area contributed by atoms with Crippen LogP contribution in [0.25, 0.3) is 0 Å². The third-order valence-corrected chi connectivity index (χ3v) is 2.15. The van der Waals surface area contributed by atoms with E-state index in [1.54, 1.807) is 7.11 Å². The van der Waals surface area contributed by atoms with Crippen LogP contribution in [0.5, 0.6) is 0 Å². The fourth-order valence-corrected chi connectivity index (χ4v) is 1.36. The van der Waals surface area contributed by atoms with Crippen LogP contribution in [-0.4, -0.2) is 51.2 Å². The summed E-state index contributed by atoms with van der Waals surface area (Å²) in [7, 11) is 1.57. The van der Waals surface area contributed by atoms with E-state index in [2.05, 4.69) is 16.0 Å². The molecule has 0 unspecified atom stereocenters. The molecular formula is C9H17N3O3. The van der Waals surface area contributed by atoms with Gasteiger partial charge in [0.25, 0.3) is 0 Å². The molecule has 0 saturated carbocycles. The first kappa shape index (κ1) is 11.9. The highest BCUT2D eigenvalue weighted by molar-refractivity contribution is 5.88. The van der Waals surface area contributed by atoms with Crippen LogP contribution in [0, 0.1) is 0 Å². The van der Waals surface area contributed by atoms with Crippen molar-refractivity contribution < 1.29 is 14.3 Å². The van der Waals surface area contributed by atoms with Gasteiger partial charge in [-0.3, -0.25) is 9.59 Å². The Morgan fingerprint density at radius 1 is 1.60 bits per heavy atom. The van der Waals surface area contributed by atoms with E-state index in [0.717, 1.165) is 0 Å². The minimum atomic E-state index is -0.402. The van der Waals surface area contributed by atoms with E-state index in [1.165, 1.54) is 0 Å². The summed E-state index contributed by atoms with van der Waals surface area (Å²) in [5, 5.41) is 8.35. The van der Waals surface area contributed by atoms with Gasteiger partial charge in [0, 0.05) is 26.7 Å². The fourth-order valence-electron chi connectivity index (χ4n) is 1.36. The van der Waals surface area contributed by atoms with Crippen molar-refractivity contribution in [2.24, 2.45) is 0 Å². The molecule has 0 aromatic rings. The Morgan fingerprint density at radius 3 is 3.07 bits per heavy atom. The summed E-state index contributed by atoms with van der Waals surface area (Å²) >= 11 is 0. The Kier molecular flexibility index (Phi) is 5.06. The number of nitrogens with one attached hydrogen (secondary N) is 3. The van der Waals surface area contributed by atoms with Crippen molar-refractivity contribution >= 4 is 11.8 Å². The molecule has 86 valence electrons. The lowest BCUT2D eigenvalue weighted by Crippen LogP contribution is -2.54. The Morgan fingerprint density at radius 2 is 2.40 bits per heavy atom. The number of amides is 2. The van der Waals surface area contributed by atoms with Crippen molar-refractivity contribution in [1.29, 1.82) is 0 Å². The lowest BCUT2D eigenvalue weighted by Gasteiger charge is -2.22. The van der Waals surface area contributed by atoms with Crippen molar-refractivity contribution in [1.82, 2.24) is 16.0 Å². The van der Waals surface area contributed by atoms with Crippen LogP contribution in [-0.2, 0) is 14.3 Å². The lowest BCUT2D eigenvalue weighted by atomic mass is 10.1. The van der Waals surface area contributed by atoms with Gasteiger partial charge in [-0.05, 0) is 0 Å². The minimum absolute atomic E-state index is 0.108. The van der Waals surface area contributed by atoms with Gasteiger partial charge in [0.15, 0.2) is 0 Å². The summed E-state index contributed by atoms with van der Waals surface area (Å²) in [6, 6.07) is -0.402. The maximum atomic E-state index is 11.3.